The molecule has 7 heteroatoms. The van der Waals surface area contributed by atoms with Crippen molar-refractivity contribution in [3.63, 3.8) is 0 Å². The van der Waals surface area contributed by atoms with Crippen LogP contribution in [-0.4, -0.2) is 27.2 Å². The molecule has 2 aromatic heterocycles. The van der Waals surface area contributed by atoms with E-state index in [1.54, 1.807) is 31.3 Å². The van der Waals surface area contributed by atoms with Crippen molar-refractivity contribution in [2.45, 2.75) is 6.92 Å². The fraction of sp³-hybridized carbons (Fsp3) is 0.143. The van der Waals surface area contributed by atoms with Crippen LogP contribution in [0.1, 0.15) is 5.89 Å². The lowest BCUT2D eigenvalue weighted by Crippen LogP contribution is -1.94. The average molecular weight is 284 g/mol. The molecule has 0 atom stereocenters. The number of nitrogens with zero attached hydrogens (tertiary/aromatic N) is 4. The van der Waals surface area contributed by atoms with Gasteiger partial charge in [0.25, 0.3) is 0 Å². The molecule has 0 aliphatic heterocycles. The molecule has 0 aliphatic carbocycles. The van der Waals surface area contributed by atoms with Crippen LogP contribution in [0.5, 0.6) is 17.6 Å². The van der Waals surface area contributed by atoms with Gasteiger partial charge in [0.05, 0.1) is 7.11 Å². The molecule has 0 bridgehead atoms. The highest BCUT2D eigenvalue weighted by molar-refractivity contribution is 5.55. The van der Waals surface area contributed by atoms with Crippen molar-refractivity contribution in [3.05, 3.63) is 42.4 Å². The molecule has 7 nitrogen and oxygen atoms in total. The molecule has 1 aromatic carbocycles. The van der Waals surface area contributed by atoms with Gasteiger partial charge in [-0.3, -0.25) is 0 Å². The summed E-state index contributed by atoms with van der Waals surface area (Å²) >= 11 is 0. The lowest BCUT2D eigenvalue weighted by molar-refractivity contribution is 0.376. The molecule has 21 heavy (non-hydrogen) atoms. The third kappa shape index (κ3) is 2.97. The number of aromatic nitrogens is 4. The van der Waals surface area contributed by atoms with Crippen molar-refractivity contribution >= 4 is 0 Å². The maximum absolute atomic E-state index is 5.55. The Morgan fingerprint density at radius 2 is 1.86 bits per heavy atom. The first-order valence-corrected chi connectivity index (χ1v) is 6.20. The molecule has 2 heterocycles. The van der Waals surface area contributed by atoms with Crippen LogP contribution in [0, 0.1) is 6.92 Å². The Bertz CT molecular complexity index is 740. The molecular formula is C14H12N4O3. The van der Waals surface area contributed by atoms with Crippen molar-refractivity contribution < 1.29 is 14.0 Å². The second kappa shape index (κ2) is 5.58. The van der Waals surface area contributed by atoms with Gasteiger partial charge in [-0.05, 0) is 24.3 Å². The van der Waals surface area contributed by atoms with E-state index in [0.717, 1.165) is 5.56 Å². The van der Waals surface area contributed by atoms with E-state index >= 15 is 0 Å². The van der Waals surface area contributed by atoms with Gasteiger partial charge in [-0.2, -0.15) is 9.97 Å². The normalized spacial score (nSPS) is 10.4. The number of methoxy groups -OCH3 is 1. The molecule has 0 aliphatic rings. The van der Waals surface area contributed by atoms with Crippen LogP contribution < -0.4 is 9.47 Å². The standard InChI is InChI=1S/C14H12N4O3/c1-9-16-13(18-21-9)10-3-5-11(6-4-10)20-14-15-8-7-12(17-14)19-2/h3-8H,1-2H3. The number of benzene rings is 1. The van der Waals surface area contributed by atoms with E-state index in [1.807, 2.05) is 12.1 Å². The summed E-state index contributed by atoms with van der Waals surface area (Å²) in [7, 11) is 1.54. The molecule has 0 spiro atoms. The fourth-order valence-corrected chi connectivity index (χ4v) is 1.68. The van der Waals surface area contributed by atoms with E-state index in [2.05, 4.69) is 20.1 Å². The summed E-state index contributed by atoms with van der Waals surface area (Å²) in [5, 5.41) is 3.85. The van der Waals surface area contributed by atoms with E-state index < -0.39 is 0 Å². The highest BCUT2D eigenvalue weighted by Crippen LogP contribution is 2.23. The van der Waals surface area contributed by atoms with Gasteiger partial charge in [0, 0.05) is 24.8 Å². The van der Waals surface area contributed by atoms with Gasteiger partial charge < -0.3 is 14.0 Å². The minimum absolute atomic E-state index is 0.220. The van der Waals surface area contributed by atoms with Gasteiger partial charge in [0.15, 0.2) is 0 Å². The predicted molar refractivity (Wildman–Crippen MR) is 73.1 cm³/mol. The molecule has 0 unspecified atom stereocenters. The Kier molecular flexibility index (Phi) is 3.46. The Labute approximate surface area is 120 Å². The topological polar surface area (TPSA) is 83.2 Å². The van der Waals surface area contributed by atoms with Crippen molar-refractivity contribution in [1.29, 1.82) is 0 Å². The minimum atomic E-state index is 0.220. The highest BCUT2D eigenvalue weighted by Gasteiger charge is 2.07. The van der Waals surface area contributed by atoms with Gasteiger partial charge in [-0.25, -0.2) is 4.98 Å². The fourth-order valence-electron chi connectivity index (χ4n) is 1.68. The van der Waals surface area contributed by atoms with Crippen LogP contribution in [0.3, 0.4) is 0 Å². The summed E-state index contributed by atoms with van der Waals surface area (Å²) in [4.78, 5) is 12.2. The summed E-state index contributed by atoms with van der Waals surface area (Å²) in [5.41, 5.74) is 0.839. The summed E-state index contributed by atoms with van der Waals surface area (Å²) in [6.45, 7) is 1.74. The molecule has 0 fully saturated rings. The van der Waals surface area contributed by atoms with E-state index in [9.17, 15) is 0 Å². The maximum atomic E-state index is 5.55. The molecule has 0 N–H and O–H groups in total. The molecular weight excluding hydrogens is 272 g/mol. The third-order valence-electron chi connectivity index (χ3n) is 2.67. The predicted octanol–water partition coefficient (Wildman–Crippen LogP) is 2.64. The van der Waals surface area contributed by atoms with Gasteiger partial charge in [-0.15, -0.1) is 0 Å². The number of hydrogen-bond donors (Lipinski definition) is 0. The van der Waals surface area contributed by atoms with Crippen molar-refractivity contribution in [2.24, 2.45) is 0 Å². The first kappa shape index (κ1) is 13.0. The maximum Gasteiger partial charge on any atom is 0.325 e. The molecule has 0 radical (unpaired) electrons. The van der Waals surface area contributed by atoms with Crippen LogP contribution in [0.2, 0.25) is 0 Å². The zero-order chi connectivity index (χ0) is 14.7. The smallest absolute Gasteiger partial charge is 0.325 e. The van der Waals surface area contributed by atoms with Crippen molar-refractivity contribution in [3.8, 4) is 29.0 Å². The lowest BCUT2D eigenvalue weighted by Gasteiger charge is -2.05. The number of hydrogen-bond acceptors (Lipinski definition) is 7. The molecule has 3 rings (SSSR count). The van der Waals surface area contributed by atoms with Crippen LogP contribution in [0.25, 0.3) is 11.4 Å². The Balaban J connectivity index is 1.77. The third-order valence-corrected chi connectivity index (χ3v) is 2.67. The quantitative estimate of drug-likeness (QED) is 0.728. The monoisotopic (exact) mass is 284 g/mol. The van der Waals surface area contributed by atoms with E-state index in [1.165, 1.54) is 7.11 Å². The van der Waals surface area contributed by atoms with Crippen LogP contribution >= 0.6 is 0 Å². The second-order valence-electron chi connectivity index (χ2n) is 4.15. The van der Waals surface area contributed by atoms with Gasteiger partial charge >= 0.3 is 6.01 Å². The summed E-state index contributed by atoms with van der Waals surface area (Å²) < 4.78 is 15.5. The zero-order valence-corrected chi connectivity index (χ0v) is 11.5. The highest BCUT2D eigenvalue weighted by atomic mass is 16.5. The largest absolute Gasteiger partial charge is 0.481 e. The van der Waals surface area contributed by atoms with Crippen LogP contribution in [0.4, 0.5) is 0 Å². The van der Waals surface area contributed by atoms with Crippen LogP contribution in [0.15, 0.2) is 41.1 Å². The summed E-state index contributed by atoms with van der Waals surface area (Å²) in [6, 6.07) is 9.10. The van der Waals surface area contributed by atoms with Gasteiger partial charge in [-0.1, -0.05) is 5.16 Å². The SMILES string of the molecule is COc1ccnc(Oc2ccc(-c3noc(C)n3)cc2)n1. The molecule has 3 aromatic rings. The molecule has 0 amide bonds. The first-order chi connectivity index (χ1) is 10.2. The Hall–Kier alpha value is -2.96. The molecule has 0 saturated carbocycles. The van der Waals surface area contributed by atoms with Crippen LogP contribution in [-0.2, 0) is 0 Å². The van der Waals surface area contributed by atoms with Gasteiger partial charge in [0.2, 0.25) is 17.6 Å². The summed E-state index contributed by atoms with van der Waals surface area (Å²) in [5.74, 6) is 2.11. The summed E-state index contributed by atoms with van der Waals surface area (Å²) in [6.07, 6.45) is 1.57. The van der Waals surface area contributed by atoms with E-state index in [4.69, 9.17) is 14.0 Å². The minimum Gasteiger partial charge on any atom is -0.481 e. The zero-order valence-electron chi connectivity index (χ0n) is 11.5. The number of ether oxygens (including phenoxy) is 2. The Morgan fingerprint density at radius 1 is 1.05 bits per heavy atom. The van der Waals surface area contributed by atoms with E-state index in [-0.39, 0.29) is 6.01 Å². The van der Waals surface area contributed by atoms with Gasteiger partial charge in [0.1, 0.15) is 5.75 Å². The number of rotatable bonds is 4. The number of aryl methyl sites for hydroxylation is 1. The van der Waals surface area contributed by atoms with Crippen molar-refractivity contribution in [2.75, 3.05) is 7.11 Å². The van der Waals surface area contributed by atoms with E-state index in [0.29, 0.717) is 23.3 Å². The average Bonchev–Trinajstić information content (AvgIpc) is 2.95. The van der Waals surface area contributed by atoms with Crippen molar-refractivity contribution in [1.82, 2.24) is 20.1 Å². The molecule has 106 valence electrons. The first-order valence-electron chi connectivity index (χ1n) is 6.20. The second-order valence-corrected chi connectivity index (χ2v) is 4.15. The Morgan fingerprint density at radius 3 is 2.52 bits per heavy atom. The lowest BCUT2D eigenvalue weighted by atomic mass is 10.2. The molecule has 0 saturated heterocycles.